The van der Waals surface area contributed by atoms with E-state index in [-0.39, 0.29) is 0 Å². The van der Waals surface area contributed by atoms with Crippen LogP contribution in [0.2, 0.25) is 0 Å². The Labute approximate surface area is 85.3 Å². The molecular weight excluding hydrogens is 174 g/mol. The van der Waals surface area contributed by atoms with Crippen molar-refractivity contribution < 1.29 is 0 Å². The normalized spacial score (nSPS) is 30.5. The lowest BCUT2D eigenvalue weighted by Crippen LogP contribution is -2.22. The van der Waals surface area contributed by atoms with Crippen molar-refractivity contribution in [3.8, 4) is 0 Å². The molecule has 1 aliphatic carbocycles. The van der Waals surface area contributed by atoms with Crippen LogP contribution in [-0.4, -0.2) is 16.2 Å². The lowest BCUT2D eigenvalue weighted by Gasteiger charge is -2.18. The summed E-state index contributed by atoms with van der Waals surface area (Å²) >= 11 is 0. The van der Waals surface area contributed by atoms with Crippen LogP contribution in [0.15, 0.2) is 12.4 Å². The van der Waals surface area contributed by atoms with E-state index in [1.165, 1.54) is 12.8 Å². The molecule has 78 valence electrons. The molecule has 0 amide bonds. The highest BCUT2D eigenvalue weighted by Gasteiger charge is 2.36. The molecule has 0 aliphatic heterocycles. The van der Waals surface area contributed by atoms with Crippen molar-refractivity contribution in [1.82, 2.24) is 10.2 Å². The molecule has 0 bridgehead atoms. The Morgan fingerprint density at radius 2 is 2.29 bits per heavy atom. The number of H-pyrrole nitrogens is 1. The number of hydrogen-bond donors (Lipinski definition) is 2. The highest BCUT2D eigenvalue weighted by molar-refractivity contribution is 5.39. The minimum absolute atomic E-state index is 0.487. The zero-order valence-electron chi connectivity index (χ0n) is 9.17. The van der Waals surface area contributed by atoms with Crippen molar-refractivity contribution in [2.75, 3.05) is 5.32 Å². The van der Waals surface area contributed by atoms with Crippen LogP contribution in [0.1, 0.15) is 33.6 Å². The van der Waals surface area contributed by atoms with Gasteiger partial charge in [0, 0.05) is 12.2 Å². The summed E-state index contributed by atoms with van der Waals surface area (Å²) in [5.41, 5.74) is 1.60. The summed E-state index contributed by atoms with van der Waals surface area (Å²) in [5, 5.41) is 10.3. The molecule has 0 saturated heterocycles. The molecule has 2 rings (SSSR count). The zero-order chi connectivity index (χ0) is 10.2. The van der Waals surface area contributed by atoms with Gasteiger partial charge in [-0.15, -0.1) is 0 Å². The molecule has 3 nitrogen and oxygen atoms in total. The third kappa shape index (κ3) is 1.91. The highest BCUT2D eigenvalue weighted by atomic mass is 15.1. The van der Waals surface area contributed by atoms with Gasteiger partial charge in [0.05, 0.1) is 11.9 Å². The van der Waals surface area contributed by atoms with Gasteiger partial charge in [0.15, 0.2) is 0 Å². The predicted octanol–water partition coefficient (Wildman–Crippen LogP) is 2.65. The van der Waals surface area contributed by atoms with Crippen LogP contribution in [0.4, 0.5) is 5.69 Å². The standard InChI is InChI=1S/C11H19N3/c1-8-4-11(2,3)5-10(8)14-9-6-12-13-7-9/h6-8,10,14H,4-5H2,1-3H3,(H,12,13). The maximum Gasteiger partial charge on any atom is 0.0726 e. The van der Waals surface area contributed by atoms with Crippen molar-refractivity contribution in [3.63, 3.8) is 0 Å². The Morgan fingerprint density at radius 1 is 1.50 bits per heavy atom. The molecule has 3 heteroatoms. The van der Waals surface area contributed by atoms with E-state index in [0.29, 0.717) is 11.5 Å². The molecule has 0 spiro atoms. The second-order valence-electron chi connectivity index (χ2n) is 5.29. The summed E-state index contributed by atoms with van der Waals surface area (Å²) in [5.74, 6) is 0.750. The van der Waals surface area contributed by atoms with Crippen LogP contribution in [-0.2, 0) is 0 Å². The van der Waals surface area contributed by atoms with Crippen LogP contribution in [0.25, 0.3) is 0 Å². The van der Waals surface area contributed by atoms with E-state index in [4.69, 9.17) is 0 Å². The smallest absolute Gasteiger partial charge is 0.0726 e. The Balaban J connectivity index is 2.00. The molecule has 2 atom stereocenters. The maximum atomic E-state index is 3.94. The van der Waals surface area contributed by atoms with Crippen LogP contribution in [0.5, 0.6) is 0 Å². The third-order valence-corrected chi connectivity index (χ3v) is 3.18. The quantitative estimate of drug-likeness (QED) is 0.758. The van der Waals surface area contributed by atoms with Gasteiger partial charge in [-0.25, -0.2) is 0 Å². The average Bonchev–Trinajstić information content (AvgIpc) is 2.61. The van der Waals surface area contributed by atoms with Crippen molar-refractivity contribution in [1.29, 1.82) is 0 Å². The lowest BCUT2D eigenvalue weighted by atomic mass is 9.91. The van der Waals surface area contributed by atoms with Crippen LogP contribution >= 0.6 is 0 Å². The largest absolute Gasteiger partial charge is 0.379 e. The second kappa shape index (κ2) is 3.30. The first-order valence-electron chi connectivity index (χ1n) is 5.32. The van der Waals surface area contributed by atoms with Crippen LogP contribution in [0.3, 0.4) is 0 Å². The van der Waals surface area contributed by atoms with Gasteiger partial charge < -0.3 is 5.32 Å². The number of aromatic amines is 1. The lowest BCUT2D eigenvalue weighted by molar-refractivity contribution is 0.366. The van der Waals surface area contributed by atoms with Crippen molar-refractivity contribution in [2.24, 2.45) is 11.3 Å². The number of rotatable bonds is 2. The number of anilines is 1. The first-order chi connectivity index (χ1) is 6.57. The Bertz CT molecular complexity index is 289. The van der Waals surface area contributed by atoms with Crippen molar-refractivity contribution in [2.45, 2.75) is 39.7 Å². The van der Waals surface area contributed by atoms with Gasteiger partial charge in [-0.1, -0.05) is 20.8 Å². The molecule has 1 saturated carbocycles. The zero-order valence-corrected chi connectivity index (χ0v) is 9.17. The van der Waals surface area contributed by atoms with Gasteiger partial charge >= 0.3 is 0 Å². The van der Waals surface area contributed by atoms with E-state index in [0.717, 1.165) is 11.6 Å². The van der Waals surface area contributed by atoms with Gasteiger partial charge in [-0.3, -0.25) is 5.10 Å². The summed E-state index contributed by atoms with van der Waals surface area (Å²) in [6.45, 7) is 7.02. The number of aromatic nitrogens is 2. The SMILES string of the molecule is CC1CC(C)(C)CC1Nc1cn[nH]c1. The fraction of sp³-hybridized carbons (Fsp3) is 0.727. The number of nitrogens with zero attached hydrogens (tertiary/aromatic N) is 1. The van der Waals surface area contributed by atoms with Gasteiger partial charge in [0.25, 0.3) is 0 Å². The predicted molar refractivity (Wildman–Crippen MR) is 58.2 cm³/mol. The summed E-state index contributed by atoms with van der Waals surface area (Å²) in [6.07, 6.45) is 6.32. The topological polar surface area (TPSA) is 40.7 Å². The molecule has 2 N–H and O–H groups in total. The monoisotopic (exact) mass is 193 g/mol. The summed E-state index contributed by atoms with van der Waals surface area (Å²) in [6, 6.07) is 0.600. The minimum Gasteiger partial charge on any atom is -0.379 e. The molecule has 1 aliphatic rings. The molecular formula is C11H19N3. The number of hydrogen-bond acceptors (Lipinski definition) is 2. The molecule has 1 heterocycles. The molecule has 1 aromatic heterocycles. The van der Waals surface area contributed by atoms with E-state index in [9.17, 15) is 0 Å². The van der Waals surface area contributed by atoms with Crippen LogP contribution < -0.4 is 5.32 Å². The molecule has 1 fully saturated rings. The molecule has 1 aromatic rings. The fourth-order valence-corrected chi connectivity index (χ4v) is 2.63. The summed E-state index contributed by atoms with van der Waals surface area (Å²) in [4.78, 5) is 0. The van der Waals surface area contributed by atoms with Gasteiger partial charge in [0.2, 0.25) is 0 Å². The number of nitrogens with one attached hydrogen (secondary N) is 2. The van der Waals surface area contributed by atoms with E-state index in [1.54, 1.807) is 0 Å². The van der Waals surface area contributed by atoms with Crippen LogP contribution in [0, 0.1) is 11.3 Å². The molecule has 2 unspecified atom stereocenters. The second-order valence-corrected chi connectivity index (χ2v) is 5.29. The van der Waals surface area contributed by atoms with E-state index in [1.807, 2.05) is 12.4 Å². The fourth-order valence-electron chi connectivity index (χ4n) is 2.63. The highest BCUT2D eigenvalue weighted by Crippen LogP contribution is 2.41. The van der Waals surface area contributed by atoms with Gasteiger partial charge in [-0.05, 0) is 24.2 Å². The Morgan fingerprint density at radius 3 is 2.79 bits per heavy atom. The molecule has 0 aromatic carbocycles. The van der Waals surface area contributed by atoms with Gasteiger partial charge in [-0.2, -0.15) is 5.10 Å². The Hall–Kier alpha value is -0.990. The minimum atomic E-state index is 0.487. The third-order valence-electron chi connectivity index (χ3n) is 3.18. The van der Waals surface area contributed by atoms with E-state index >= 15 is 0 Å². The first-order valence-corrected chi connectivity index (χ1v) is 5.32. The first kappa shape index (κ1) is 9.56. The van der Waals surface area contributed by atoms with Crippen molar-refractivity contribution in [3.05, 3.63) is 12.4 Å². The van der Waals surface area contributed by atoms with E-state index in [2.05, 4.69) is 36.3 Å². The molecule has 0 radical (unpaired) electrons. The summed E-state index contributed by atoms with van der Waals surface area (Å²) in [7, 11) is 0. The van der Waals surface area contributed by atoms with Gasteiger partial charge in [0.1, 0.15) is 0 Å². The van der Waals surface area contributed by atoms with Crippen molar-refractivity contribution >= 4 is 5.69 Å². The average molecular weight is 193 g/mol. The summed E-state index contributed by atoms with van der Waals surface area (Å²) < 4.78 is 0. The molecule has 14 heavy (non-hydrogen) atoms. The van der Waals surface area contributed by atoms with E-state index < -0.39 is 0 Å². The maximum absolute atomic E-state index is 3.94. The Kier molecular flexibility index (Phi) is 2.25.